The molecule has 0 aromatic heterocycles. The number of halogens is 2. The highest BCUT2D eigenvalue weighted by molar-refractivity contribution is 6.42. The van der Waals surface area contributed by atoms with Crippen molar-refractivity contribution in [3.63, 3.8) is 0 Å². The molecule has 2 heterocycles. The van der Waals surface area contributed by atoms with E-state index < -0.39 is 11.1 Å². The molecule has 1 amide bonds. The molecule has 2 aliphatic heterocycles. The van der Waals surface area contributed by atoms with Gasteiger partial charge < -0.3 is 5.32 Å². The summed E-state index contributed by atoms with van der Waals surface area (Å²) in [6.45, 7) is 0. The van der Waals surface area contributed by atoms with Crippen molar-refractivity contribution in [3.8, 4) is 0 Å². The largest absolute Gasteiger partial charge is 0.363 e. The van der Waals surface area contributed by atoms with E-state index in [1.807, 2.05) is 42.5 Å². The van der Waals surface area contributed by atoms with Gasteiger partial charge in [0.05, 0.1) is 21.0 Å². The molecular formula is C24H18Cl2N4O3. The molecule has 0 aliphatic carbocycles. The van der Waals surface area contributed by atoms with Crippen LogP contribution in [-0.2, 0) is 4.79 Å². The van der Waals surface area contributed by atoms with Crippen molar-refractivity contribution in [2.75, 3.05) is 0 Å². The van der Waals surface area contributed by atoms with Crippen LogP contribution >= 0.6 is 23.2 Å². The molecule has 166 valence electrons. The van der Waals surface area contributed by atoms with E-state index in [2.05, 4.69) is 10.7 Å². The molecule has 0 bridgehead atoms. The van der Waals surface area contributed by atoms with Crippen molar-refractivity contribution in [1.29, 1.82) is 0 Å². The van der Waals surface area contributed by atoms with Crippen molar-refractivity contribution in [3.05, 3.63) is 116 Å². The van der Waals surface area contributed by atoms with Crippen molar-refractivity contribution in [1.82, 2.24) is 15.8 Å². The van der Waals surface area contributed by atoms with Crippen molar-refractivity contribution in [2.24, 2.45) is 0 Å². The molecule has 1 saturated heterocycles. The third-order valence-electron chi connectivity index (χ3n) is 5.94. The van der Waals surface area contributed by atoms with E-state index in [1.54, 1.807) is 23.2 Å². The van der Waals surface area contributed by atoms with Gasteiger partial charge in [-0.15, -0.1) is 0 Å². The monoisotopic (exact) mass is 480 g/mol. The van der Waals surface area contributed by atoms with Gasteiger partial charge >= 0.3 is 0 Å². The normalized spacial score (nSPS) is 21.9. The van der Waals surface area contributed by atoms with Crippen LogP contribution in [0.15, 0.2) is 78.9 Å². The quantitative estimate of drug-likeness (QED) is 0.403. The SMILES string of the molecule is O=C1C=C(c2ccc([N+](=O)[O-])cc2)NC2C(c3ccc(Cl)c(Cl)c3)C(c3ccccc3)NN12. The Morgan fingerprint density at radius 1 is 0.909 bits per heavy atom. The zero-order valence-corrected chi connectivity index (χ0v) is 18.6. The van der Waals surface area contributed by atoms with Crippen molar-refractivity contribution >= 4 is 40.5 Å². The summed E-state index contributed by atoms with van der Waals surface area (Å²) >= 11 is 12.5. The standard InChI is InChI=1S/C24H18Cl2N4O3/c25-18-11-8-16(12-19(18)26)22-23(15-4-2-1-3-5-15)28-29-21(31)13-20(27-24(22)29)14-6-9-17(10-7-14)30(32)33/h1-13,22-24,27-28H. The molecule has 7 nitrogen and oxygen atoms in total. The molecule has 1 fully saturated rings. The van der Waals surface area contributed by atoms with Gasteiger partial charge in [0, 0.05) is 29.8 Å². The van der Waals surface area contributed by atoms with Crippen LogP contribution < -0.4 is 10.7 Å². The fraction of sp³-hybridized carbons (Fsp3) is 0.125. The highest BCUT2D eigenvalue weighted by Gasteiger charge is 2.47. The molecule has 0 radical (unpaired) electrons. The van der Waals surface area contributed by atoms with E-state index >= 15 is 0 Å². The Balaban J connectivity index is 1.55. The smallest absolute Gasteiger partial charge is 0.269 e. The van der Waals surface area contributed by atoms with Gasteiger partial charge in [-0.05, 0) is 41.0 Å². The molecule has 33 heavy (non-hydrogen) atoms. The fourth-order valence-corrected chi connectivity index (χ4v) is 4.67. The lowest BCUT2D eigenvalue weighted by molar-refractivity contribution is -0.384. The lowest BCUT2D eigenvalue weighted by atomic mass is 9.86. The summed E-state index contributed by atoms with van der Waals surface area (Å²) in [7, 11) is 0. The van der Waals surface area contributed by atoms with Gasteiger partial charge in [-0.2, -0.15) is 0 Å². The van der Waals surface area contributed by atoms with Crippen LogP contribution in [0.1, 0.15) is 28.7 Å². The first-order chi connectivity index (χ1) is 15.9. The lowest BCUT2D eigenvalue weighted by Crippen LogP contribution is -2.52. The molecule has 5 rings (SSSR count). The van der Waals surface area contributed by atoms with E-state index in [4.69, 9.17) is 23.2 Å². The maximum atomic E-state index is 13.1. The Morgan fingerprint density at radius 2 is 1.64 bits per heavy atom. The predicted molar refractivity (Wildman–Crippen MR) is 126 cm³/mol. The Bertz CT molecular complexity index is 1260. The number of rotatable bonds is 4. The number of nitrogens with one attached hydrogen (secondary N) is 2. The van der Waals surface area contributed by atoms with Crippen LogP contribution in [0.4, 0.5) is 5.69 Å². The fourth-order valence-electron chi connectivity index (χ4n) is 4.37. The van der Waals surface area contributed by atoms with Crippen molar-refractivity contribution in [2.45, 2.75) is 18.1 Å². The average Bonchev–Trinajstić information content (AvgIpc) is 3.22. The second-order valence-electron chi connectivity index (χ2n) is 7.88. The summed E-state index contributed by atoms with van der Waals surface area (Å²) in [5.41, 5.74) is 6.56. The van der Waals surface area contributed by atoms with Crippen LogP contribution in [0.3, 0.4) is 0 Å². The van der Waals surface area contributed by atoms with Crippen LogP contribution in [-0.4, -0.2) is 22.0 Å². The second kappa shape index (κ2) is 8.51. The summed E-state index contributed by atoms with van der Waals surface area (Å²) in [6, 6.07) is 21.3. The number of hydrogen-bond acceptors (Lipinski definition) is 5. The summed E-state index contributed by atoms with van der Waals surface area (Å²) < 4.78 is 0. The van der Waals surface area contributed by atoms with Gasteiger partial charge in [-0.25, -0.2) is 5.43 Å². The molecule has 0 saturated carbocycles. The Hall–Kier alpha value is -3.39. The topological polar surface area (TPSA) is 87.5 Å². The zero-order valence-electron chi connectivity index (χ0n) is 17.1. The number of hydrogen-bond donors (Lipinski definition) is 2. The summed E-state index contributed by atoms with van der Waals surface area (Å²) in [4.78, 5) is 23.6. The van der Waals surface area contributed by atoms with E-state index in [0.717, 1.165) is 11.1 Å². The van der Waals surface area contributed by atoms with Crippen LogP contribution in [0.2, 0.25) is 10.0 Å². The minimum absolute atomic E-state index is 0.0107. The number of carbonyl (C=O) groups excluding carboxylic acids is 1. The van der Waals surface area contributed by atoms with Crippen LogP contribution in [0, 0.1) is 10.1 Å². The minimum Gasteiger partial charge on any atom is -0.363 e. The molecule has 2 N–H and O–H groups in total. The number of nitro benzene ring substituents is 1. The number of hydrazine groups is 1. The maximum absolute atomic E-state index is 13.1. The number of amides is 1. The average molecular weight is 481 g/mol. The molecule has 3 atom stereocenters. The van der Waals surface area contributed by atoms with Gasteiger partial charge in [0.25, 0.3) is 11.6 Å². The second-order valence-corrected chi connectivity index (χ2v) is 8.69. The molecule has 3 unspecified atom stereocenters. The number of carbonyl (C=O) groups is 1. The number of fused-ring (bicyclic) bond motifs is 1. The van der Waals surface area contributed by atoms with Gasteiger partial charge in [-0.1, -0.05) is 59.6 Å². The van der Waals surface area contributed by atoms with Gasteiger partial charge in [0.1, 0.15) is 6.17 Å². The van der Waals surface area contributed by atoms with Crippen LogP contribution in [0.5, 0.6) is 0 Å². The summed E-state index contributed by atoms with van der Waals surface area (Å²) in [6.07, 6.45) is 1.07. The molecule has 2 aliphatic rings. The lowest BCUT2D eigenvalue weighted by Gasteiger charge is -2.33. The van der Waals surface area contributed by atoms with Crippen molar-refractivity contribution < 1.29 is 9.72 Å². The first-order valence-corrected chi connectivity index (χ1v) is 11.0. The highest BCUT2D eigenvalue weighted by atomic mass is 35.5. The minimum atomic E-state index is -0.453. The van der Waals surface area contributed by atoms with Gasteiger partial charge in [0.15, 0.2) is 0 Å². The van der Waals surface area contributed by atoms with E-state index in [-0.39, 0.29) is 23.6 Å². The molecule has 3 aromatic carbocycles. The van der Waals surface area contributed by atoms with Gasteiger partial charge in [0.2, 0.25) is 0 Å². The Morgan fingerprint density at radius 3 is 2.30 bits per heavy atom. The first-order valence-electron chi connectivity index (χ1n) is 10.2. The third kappa shape index (κ3) is 3.95. The zero-order chi connectivity index (χ0) is 23.1. The maximum Gasteiger partial charge on any atom is 0.269 e. The third-order valence-corrected chi connectivity index (χ3v) is 6.68. The number of non-ortho nitro benzene ring substituents is 1. The number of nitrogens with zero attached hydrogens (tertiary/aromatic N) is 2. The summed E-state index contributed by atoms with van der Waals surface area (Å²) in [5, 5.41) is 16.9. The van der Waals surface area contributed by atoms with E-state index in [9.17, 15) is 14.9 Å². The Kier molecular flexibility index (Phi) is 5.54. The highest BCUT2D eigenvalue weighted by Crippen LogP contribution is 2.43. The van der Waals surface area contributed by atoms with Crippen LogP contribution in [0.25, 0.3) is 5.70 Å². The molecule has 9 heteroatoms. The predicted octanol–water partition coefficient (Wildman–Crippen LogP) is 5.04. The number of benzene rings is 3. The van der Waals surface area contributed by atoms with Gasteiger partial charge in [-0.3, -0.25) is 19.9 Å². The number of nitro groups is 1. The summed E-state index contributed by atoms with van der Waals surface area (Å²) in [5.74, 6) is -0.400. The van der Waals surface area contributed by atoms with E-state index in [1.165, 1.54) is 18.2 Å². The molecule has 3 aromatic rings. The Labute approximate surface area is 199 Å². The van der Waals surface area contributed by atoms with E-state index in [0.29, 0.717) is 21.3 Å². The molecule has 0 spiro atoms. The molecular weight excluding hydrogens is 463 g/mol. The first kappa shape index (κ1) is 21.5.